The Morgan fingerprint density at radius 2 is 1.85 bits per heavy atom. The Balaban J connectivity index is 2.14. The number of halogens is 1. The molecule has 0 saturated heterocycles. The Bertz CT molecular complexity index is 643. The number of methoxy groups -OCH3 is 1. The molecule has 102 valence electrons. The fourth-order valence-electron chi connectivity index (χ4n) is 1.77. The van der Waals surface area contributed by atoms with Crippen molar-refractivity contribution >= 4 is 23.5 Å². The first-order valence-corrected chi connectivity index (χ1v) is 6.60. The second kappa shape index (κ2) is 6.40. The van der Waals surface area contributed by atoms with Gasteiger partial charge in [0.1, 0.15) is 5.75 Å². The van der Waals surface area contributed by atoms with Crippen LogP contribution in [0.3, 0.4) is 0 Å². The van der Waals surface area contributed by atoms with Crippen LogP contribution in [-0.2, 0) is 0 Å². The largest absolute Gasteiger partial charge is 0.495 e. The van der Waals surface area contributed by atoms with E-state index in [9.17, 15) is 4.79 Å². The molecule has 0 saturated carbocycles. The van der Waals surface area contributed by atoms with Gasteiger partial charge in [-0.2, -0.15) is 0 Å². The van der Waals surface area contributed by atoms with E-state index < -0.39 is 0 Å². The number of hydrogen-bond donors (Lipinski definition) is 0. The molecule has 0 amide bonds. The van der Waals surface area contributed by atoms with Crippen molar-refractivity contribution in [2.75, 3.05) is 7.11 Å². The Morgan fingerprint density at radius 1 is 1.15 bits per heavy atom. The first-order valence-electron chi connectivity index (χ1n) is 6.23. The number of rotatable bonds is 4. The number of aryl methyl sites for hydroxylation is 1. The van der Waals surface area contributed by atoms with Gasteiger partial charge in [-0.15, -0.1) is 0 Å². The lowest BCUT2D eigenvalue weighted by molar-refractivity contribution is 0.104. The molecule has 0 atom stereocenters. The van der Waals surface area contributed by atoms with Crippen LogP contribution >= 0.6 is 11.6 Å². The number of ether oxygens (including phenoxy) is 1. The molecule has 0 spiro atoms. The average Bonchev–Trinajstić information content (AvgIpc) is 2.45. The Hall–Kier alpha value is -2.06. The number of ketones is 1. The third-order valence-electron chi connectivity index (χ3n) is 2.94. The number of carbonyl (C=O) groups is 1. The van der Waals surface area contributed by atoms with Gasteiger partial charge in [-0.25, -0.2) is 0 Å². The second-order valence-electron chi connectivity index (χ2n) is 4.46. The zero-order chi connectivity index (χ0) is 14.5. The van der Waals surface area contributed by atoms with Crippen molar-refractivity contribution in [2.45, 2.75) is 6.92 Å². The molecule has 0 unspecified atom stereocenters. The van der Waals surface area contributed by atoms with E-state index in [0.717, 1.165) is 11.1 Å². The maximum Gasteiger partial charge on any atom is 0.185 e. The van der Waals surface area contributed by atoms with Crippen LogP contribution in [0, 0.1) is 6.92 Å². The summed E-state index contributed by atoms with van der Waals surface area (Å²) in [5.74, 6) is 0.589. The molecule has 0 fully saturated rings. The van der Waals surface area contributed by atoms with Crippen LogP contribution in [0.5, 0.6) is 5.75 Å². The summed E-state index contributed by atoms with van der Waals surface area (Å²) in [6.45, 7) is 1.99. The van der Waals surface area contributed by atoms with Gasteiger partial charge in [0.25, 0.3) is 0 Å². The lowest BCUT2D eigenvalue weighted by Crippen LogP contribution is -1.93. The summed E-state index contributed by atoms with van der Waals surface area (Å²) in [6.07, 6.45) is 3.29. The smallest absolute Gasteiger partial charge is 0.185 e. The second-order valence-corrected chi connectivity index (χ2v) is 4.86. The van der Waals surface area contributed by atoms with Crippen molar-refractivity contribution in [2.24, 2.45) is 0 Å². The van der Waals surface area contributed by atoms with E-state index >= 15 is 0 Å². The van der Waals surface area contributed by atoms with Crippen molar-refractivity contribution in [3.8, 4) is 5.75 Å². The molecule has 0 radical (unpaired) electrons. The monoisotopic (exact) mass is 286 g/mol. The van der Waals surface area contributed by atoms with Gasteiger partial charge in [-0.05, 0) is 30.7 Å². The van der Waals surface area contributed by atoms with Gasteiger partial charge in [0, 0.05) is 5.56 Å². The molecule has 0 aromatic heterocycles. The fourth-order valence-corrected chi connectivity index (χ4v) is 2.04. The van der Waals surface area contributed by atoms with Gasteiger partial charge < -0.3 is 4.74 Å². The highest BCUT2D eigenvalue weighted by molar-refractivity contribution is 6.32. The molecule has 2 nitrogen and oxygen atoms in total. The topological polar surface area (TPSA) is 26.3 Å². The van der Waals surface area contributed by atoms with Crippen LogP contribution in [0.2, 0.25) is 5.02 Å². The number of hydrogen-bond acceptors (Lipinski definition) is 2. The van der Waals surface area contributed by atoms with E-state index in [1.165, 1.54) is 0 Å². The van der Waals surface area contributed by atoms with Crippen molar-refractivity contribution in [3.05, 3.63) is 70.3 Å². The van der Waals surface area contributed by atoms with Gasteiger partial charge >= 0.3 is 0 Å². The summed E-state index contributed by atoms with van der Waals surface area (Å²) in [6, 6.07) is 12.9. The Kier molecular flexibility index (Phi) is 4.59. The molecule has 0 aliphatic heterocycles. The lowest BCUT2D eigenvalue weighted by atomic mass is 10.1. The SMILES string of the molecule is COc1ccc(/C=C/C(=O)c2ccc(C)cc2)cc1Cl. The highest BCUT2D eigenvalue weighted by atomic mass is 35.5. The maximum absolute atomic E-state index is 12.0. The number of allylic oxidation sites excluding steroid dienone is 1. The van der Waals surface area contributed by atoms with Gasteiger partial charge in [-0.3, -0.25) is 4.79 Å². The number of benzene rings is 2. The van der Waals surface area contributed by atoms with Crippen LogP contribution in [0.4, 0.5) is 0 Å². The van der Waals surface area contributed by atoms with Crippen LogP contribution in [0.25, 0.3) is 6.08 Å². The molecule has 20 heavy (non-hydrogen) atoms. The van der Waals surface area contributed by atoms with E-state index in [1.807, 2.05) is 37.3 Å². The first kappa shape index (κ1) is 14.4. The minimum atomic E-state index is -0.0306. The lowest BCUT2D eigenvalue weighted by Gasteiger charge is -2.03. The van der Waals surface area contributed by atoms with Crippen LogP contribution in [0.15, 0.2) is 48.5 Å². The highest BCUT2D eigenvalue weighted by Gasteiger charge is 2.02. The molecule has 3 heteroatoms. The maximum atomic E-state index is 12.0. The summed E-state index contributed by atoms with van der Waals surface area (Å²) < 4.78 is 5.08. The predicted octanol–water partition coefficient (Wildman–Crippen LogP) is 4.55. The summed E-state index contributed by atoms with van der Waals surface area (Å²) in [7, 11) is 1.57. The van der Waals surface area contributed by atoms with Gasteiger partial charge in [0.2, 0.25) is 0 Å². The molecule has 0 aliphatic carbocycles. The molecule has 0 heterocycles. The minimum Gasteiger partial charge on any atom is -0.495 e. The normalized spacial score (nSPS) is 10.8. The first-order chi connectivity index (χ1) is 9.60. The van der Waals surface area contributed by atoms with E-state index in [2.05, 4.69) is 0 Å². The molecule has 2 aromatic carbocycles. The van der Waals surface area contributed by atoms with Crippen LogP contribution in [0.1, 0.15) is 21.5 Å². The van der Waals surface area contributed by atoms with Gasteiger partial charge in [0.15, 0.2) is 5.78 Å². The van der Waals surface area contributed by atoms with Crippen molar-refractivity contribution in [1.82, 2.24) is 0 Å². The summed E-state index contributed by atoms with van der Waals surface area (Å²) in [5, 5.41) is 0.525. The molecular weight excluding hydrogens is 272 g/mol. The third kappa shape index (κ3) is 3.49. The Labute approximate surface area is 123 Å². The van der Waals surface area contributed by atoms with Crippen molar-refractivity contribution in [3.63, 3.8) is 0 Å². The molecule has 2 aromatic rings. The molecule has 0 bridgehead atoms. The fraction of sp³-hybridized carbons (Fsp3) is 0.118. The summed E-state index contributed by atoms with van der Waals surface area (Å²) in [4.78, 5) is 12.0. The van der Waals surface area contributed by atoms with E-state index in [0.29, 0.717) is 16.3 Å². The van der Waals surface area contributed by atoms with Gasteiger partial charge in [-0.1, -0.05) is 53.6 Å². The third-order valence-corrected chi connectivity index (χ3v) is 3.23. The molecule has 2 rings (SSSR count). The highest BCUT2D eigenvalue weighted by Crippen LogP contribution is 2.25. The molecular formula is C17H15ClO2. The predicted molar refractivity (Wildman–Crippen MR) is 82.5 cm³/mol. The summed E-state index contributed by atoms with van der Waals surface area (Å²) >= 11 is 6.04. The van der Waals surface area contributed by atoms with E-state index in [4.69, 9.17) is 16.3 Å². The quantitative estimate of drug-likeness (QED) is 0.609. The van der Waals surface area contributed by atoms with Crippen LogP contribution in [-0.4, -0.2) is 12.9 Å². The zero-order valence-corrected chi connectivity index (χ0v) is 12.1. The van der Waals surface area contributed by atoms with Crippen LogP contribution < -0.4 is 4.74 Å². The van der Waals surface area contributed by atoms with Crippen molar-refractivity contribution < 1.29 is 9.53 Å². The summed E-state index contributed by atoms with van der Waals surface area (Å²) in [5.41, 5.74) is 2.66. The van der Waals surface area contributed by atoms with Gasteiger partial charge in [0.05, 0.1) is 12.1 Å². The van der Waals surface area contributed by atoms with Crippen molar-refractivity contribution in [1.29, 1.82) is 0 Å². The Morgan fingerprint density at radius 3 is 2.45 bits per heavy atom. The zero-order valence-electron chi connectivity index (χ0n) is 11.4. The molecule has 0 N–H and O–H groups in total. The van der Waals surface area contributed by atoms with E-state index in [1.54, 1.807) is 31.4 Å². The minimum absolute atomic E-state index is 0.0306. The average molecular weight is 287 g/mol. The molecule has 0 aliphatic rings. The number of carbonyl (C=O) groups excluding carboxylic acids is 1. The standard InChI is InChI=1S/C17H15ClO2/c1-12-3-7-14(8-4-12)16(19)9-5-13-6-10-17(20-2)15(18)11-13/h3-11H,1-2H3/b9-5+. The van der Waals surface area contributed by atoms with E-state index in [-0.39, 0.29) is 5.78 Å².